The molecule has 1 atom stereocenters. The van der Waals surface area contributed by atoms with Crippen LogP contribution in [0.3, 0.4) is 0 Å². The minimum absolute atomic E-state index is 0.147. The first-order valence-electron chi connectivity index (χ1n) is 15.5. The maximum atomic E-state index is 14.7. The van der Waals surface area contributed by atoms with E-state index in [1.165, 1.54) is 61.6 Å². The predicted molar refractivity (Wildman–Crippen MR) is 194 cm³/mol. The number of carbonyl (C=O) groups excluding carboxylic acids is 2. The topological polar surface area (TPSA) is 105 Å². The Bertz CT molecular complexity index is 1820. The first-order chi connectivity index (χ1) is 23.5. The van der Waals surface area contributed by atoms with Crippen molar-refractivity contribution in [2.24, 2.45) is 0 Å². The zero-order valence-electron chi connectivity index (χ0n) is 27.4. The van der Waals surface area contributed by atoms with E-state index in [-0.39, 0.29) is 29.3 Å². The SMILES string of the molecule is CCCCNC(=O)[C@H](Cc1ccccc1)N(Cc1c(Cl)cccc1Cl)C(=O)CN(c1ccc(Cl)cc1)S(=O)(=O)c1ccc(OC)c(OC)c1. The molecule has 0 radical (unpaired) electrons. The molecule has 0 spiro atoms. The van der Waals surface area contributed by atoms with E-state index in [9.17, 15) is 18.0 Å². The average molecular weight is 747 g/mol. The van der Waals surface area contributed by atoms with Crippen LogP contribution >= 0.6 is 34.8 Å². The molecule has 0 saturated heterocycles. The van der Waals surface area contributed by atoms with Crippen LogP contribution in [0.15, 0.2) is 95.9 Å². The van der Waals surface area contributed by atoms with E-state index in [1.54, 1.807) is 18.2 Å². The Morgan fingerprint density at radius 1 is 0.837 bits per heavy atom. The molecule has 4 aromatic rings. The molecule has 0 unspecified atom stereocenters. The highest BCUT2D eigenvalue weighted by molar-refractivity contribution is 7.92. The van der Waals surface area contributed by atoms with E-state index in [0.29, 0.717) is 32.9 Å². The smallest absolute Gasteiger partial charge is 0.264 e. The minimum atomic E-state index is -4.41. The third-order valence-electron chi connectivity index (χ3n) is 7.83. The van der Waals surface area contributed by atoms with Gasteiger partial charge in [-0.15, -0.1) is 0 Å². The molecule has 9 nitrogen and oxygen atoms in total. The van der Waals surface area contributed by atoms with Crippen molar-refractivity contribution in [3.05, 3.63) is 117 Å². The molecule has 4 rings (SSSR count). The Hall–Kier alpha value is -3.96. The summed E-state index contributed by atoms with van der Waals surface area (Å²) in [5.74, 6) is -0.542. The molecule has 1 N–H and O–H groups in total. The molecule has 4 aromatic carbocycles. The molecule has 0 aliphatic heterocycles. The third kappa shape index (κ3) is 9.60. The van der Waals surface area contributed by atoms with E-state index in [2.05, 4.69) is 5.32 Å². The van der Waals surface area contributed by atoms with Gasteiger partial charge in [-0.2, -0.15) is 0 Å². The first-order valence-corrected chi connectivity index (χ1v) is 18.1. The Morgan fingerprint density at radius 2 is 1.49 bits per heavy atom. The normalized spacial score (nSPS) is 11.8. The fourth-order valence-corrected chi connectivity index (χ4v) is 7.23. The summed E-state index contributed by atoms with van der Waals surface area (Å²) in [5.41, 5.74) is 1.39. The Balaban J connectivity index is 1.84. The summed E-state index contributed by atoms with van der Waals surface area (Å²) in [6.45, 7) is 1.57. The number of rotatable bonds is 16. The number of halogens is 3. The predicted octanol–water partition coefficient (Wildman–Crippen LogP) is 7.42. The van der Waals surface area contributed by atoms with E-state index < -0.39 is 34.4 Å². The van der Waals surface area contributed by atoms with Gasteiger partial charge in [0.1, 0.15) is 12.6 Å². The molecule has 260 valence electrons. The van der Waals surface area contributed by atoms with Gasteiger partial charge < -0.3 is 19.7 Å². The molecule has 0 aliphatic carbocycles. The number of hydrogen-bond acceptors (Lipinski definition) is 6. The van der Waals surface area contributed by atoms with Crippen LogP contribution in [0.5, 0.6) is 11.5 Å². The van der Waals surface area contributed by atoms with E-state index in [4.69, 9.17) is 44.3 Å². The van der Waals surface area contributed by atoms with E-state index >= 15 is 0 Å². The molecule has 0 aromatic heterocycles. The molecular weight excluding hydrogens is 709 g/mol. The van der Waals surface area contributed by atoms with Crippen LogP contribution in [0.2, 0.25) is 15.1 Å². The molecule has 0 aliphatic rings. The van der Waals surface area contributed by atoms with Gasteiger partial charge >= 0.3 is 0 Å². The number of nitrogens with zero attached hydrogens (tertiary/aromatic N) is 2. The molecule has 2 amide bonds. The number of methoxy groups -OCH3 is 2. The van der Waals surface area contributed by atoms with E-state index in [0.717, 1.165) is 22.7 Å². The van der Waals surface area contributed by atoms with Gasteiger partial charge in [0.2, 0.25) is 11.8 Å². The molecule has 13 heteroatoms. The lowest BCUT2D eigenvalue weighted by Crippen LogP contribution is -2.53. The van der Waals surface area contributed by atoms with Crippen molar-refractivity contribution in [2.45, 2.75) is 43.7 Å². The largest absolute Gasteiger partial charge is 0.493 e. The number of nitrogens with one attached hydrogen (secondary N) is 1. The zero-order valence-corrected chi connectivity index (χ0v) is 30.5. The summed E-state index contributed by atoms with van der Waals surface area (Å²) in [7, 11) is -1.58. The summed E-state index contributed by atoms with van der Waals surface area (Å²) in [4.78, 5) is 29.8. The maximum absolute atomic E-state index is 14.7. The Kier molecular flexibility index (Phi) is 13.6. The highest BCUT2D eigenvalue weighted by atomic mass is 35.5. The number of unbranched alkanes of at least 4 members (excludes halogenated alkanes) is 1. The van der Waals surface area contributed by atoms with Gasteiger partial charge in [-0.3, -0.25) is 13.9 Å². The lowest BCUT2D eigenvalue weighted by molar-refractivity contribution is -0.140. The molecule has 0 fully saturated rings. The average Bonchev–Trinajstić information content (AvgIpc) is 3.10. The van der Waals surface area contributed by atoms with Crippen molar-refractivity contribution < 1.29 is 27.5 Å². The monoisotopic (exact) mass is 745 g/mol. The van der Waals surface area contributed by atoms with Gasteiger partial charge in [0, 0.05) is 46.2 Å². The third-order valence-corrected chi connectivity index (χ3v) is 10.6. The molecular formula is C36H38Cl3N3O6S. The zero-order chi connectivity index (χ0) is 35.6. The number of benzene rings is 4. The van der Waals surface area contributed by atoms with Crippen molar-refractivity contribution in [2.75, 3.05) is 31.6 Å². The quantitative estimate of drug-likeness (QED) is 0.120. The first kappa shape index (κ1) is 37.9. The van der Waals surface area contributed by atoms with Crippen molar-refractivity contribution in [1.82, 2.24) is 10.2 Å². The van der Waals surface area contributed by atoms with Gasteiger partial charge in [0.25, 0.3) is 10.0 Å². The van der Waals surface area contributed by atoms with Crippen molar-refractivity contribution >= 4 is 62.3 Å². The second-order valence-electron chi connectivity index (χ2n) is 11.1. The van der Waals surface area contributed by atoms with Gasteiger partial charge in [-0.25, -0.2) is 8.42 Å². The van der Waals surface area contributed by atoms with Crippen LogP contribution < -0.4 is 19.1 Å². The highest BCUT2D eigenvalue weighted by Crippen LogP contribution is 2.33. The van der Waals surface area contributed by atoms with Crippen LogP contribution in [-0.4, -0.2) is 58.5 Å². The number of ether oxygens (including phenoxy) is 2. The fraction of sp³-hybridized carbons (Fsp3) is 0.278. The van der Waals surface area contributed by atoms with Crippen molar-refractivity contribution in [3.8, 4) is 11.5 Å². The van der Waals surface area contributed by atoms with Crippen molar-refractivity contribution in [1.29, 1.82) is 0 Å². The molecule has 0 heterocycles. The second-order valence-corrected chi connectivity index (χ2v) is 14.2. The van der Waals surface area contributed by atoms with Gasteiger partial charge in [0.15, 0.2) is 11.5 Å². The second kappa shape index (κ2) is 17.6. The van der Waals surface area contributed by atoms with Gasteiger partial charge in [-0.1, -0.05) is 84.5 Å². The van der Waals surface area contributed by atoms with Crippen LogP contribution in [-0.2, 0) is 32.6 Å². The number of amides is 2. The maximum Gasteiger partial charge on any atom is 0.264 e. The molecule has 0 saturated carbocycles. The van der Waals surface area contributed by atoms with E-state index in [1.807, 2.05) is 37.3 Å². The number of sulfonamides is 1. The van der Waals surface area contributed by atoms with Crippen LogP contribution in [0.4, 0.5) is 5.69 Å². The summed E-state index contributed by atoms with van der Waals surface area (Å²) in [5, 5.41) is 3.92. The minimum Gasteiger partial charge on any atom is -0.493 e. The summed E-state index contributed by atoms with van der Waals surface area (Å²) >= 11 is 19.3. The fourth-order valence-electron chi connectivity index (χ4n) is 5.15. The van der Waals surface area contributed by atoms with Gasteiger partial charge in [-0.05, 0) is 60.5 Å². The molecule has 0 bridgehead atoms. The van der Waals surface area contributed by atoms with Crippen LogP contribution in [0, 0.1) is 0 Å². The Labute approximate surface area is 302 Å². The lowest BCUT2D eigenvalue weighted by Gasteiger charge is -2.34. The van der Waals surface area contributed by atoms with Crippen LogP contribution in [0.25, 0.3) is 0 Å². The number of anilines is 1. The van der Waals surface area contributed by atoms with Crippen LogP contribution in [0.1, 0.15) is 30.9 Å². The lowest BCUT2D eigenvalue weighted by atomic mass is 10.0. The highest BCUT2D eigenvalue weighted by Gasteiger charge is 2.35. The molecule has 49 heavy (non-hydrogen) atoms. The summed E-state index contributed by atoms with van der Waals surface area (Å²) < 4.78 is 40.4. The van der Waals surface area contributed by atoms with Gasteiger partial charge in [0.05, 0.1) is 24.8 Å². The Morgan fingerprint density at radius 3 is 2.10 bits per heavy atom. The number of hydrogen-bond donors (Lipinski definition) is 1. The summed E-state index contributed by atoms with van der Waals surface area (Å²) in [6.07, 6.45) is 1.74. The number of carbonyl (C=O) groups is 2. The standard InChI is InChI=1S/C36H38Cl3N3O6S/c1-4-5-20-40-36(44)32(21-25-10-7-6-8-11-25)41(23-29-30(38)12-9-13-31(29)39)35(43)24-42(27-16-14-26(37)15-17-27)49(45,46)28-18-19-33(47-2)34(22-28)48-3/h6-19,22,32H,4-5,20-21,23-24H2,1-3H3,(H,40,44)/t32-/m0/s1. The van der Waals surface area contributed by atoms with Crippen molar-refractivity contribution in [3.63, 3.8) is 0 Å². The summed E-state index contributed by atoms with van der Waals surface area (Å²) in [6, 6.07) is 23.4.